The first-order valence-electron chi connectivity index (χ1n) is 13.7. The van der Waals surface area contributed by atoms with Crippen LogP contribution in [0.25, 0.3) is 17.2 Å². The molecule has 0 atom stereocenters. The van der Waals surface area contributed by atoms with E-state index in [0.29, 0.717) is 0 Å². The number of aryl methyl sites for hydroxylation is 1. The van der Waals surface area contributed by atoms with E-state index in [1.807, 2.05) is 6.08 Å². The zero-order chi connectivity index (χ0) is 25.8. The second-order valence-corrected chi connectivity index (χ2v) is 10.9. The van der Waals surface area contributed by atoms with Crippen molar-refractivity contribution in [2.75, 3.05) is 0 Å². The minimum atomic E-state index is -0.0176. The first kappa shape index (κ1) is 25.0. The van der Waals surface area contributed by atoms with Crippen molar-refractivity contribution in [3.8, 4) is 0 Å². The van der Waals surface area contributed by atoms with E-state index in [1.54, 1.807) is 5.57 Å². The number of hydrogen-bond donors (Lipinski definition) is 0. The first-order chi connectivity index (χ1) is 18.0. The number of unbranched alkanes of at least 4 members (excludes halogenated alkanes) is 1. The van der Waals surface area contributed by atoms with Crippen molar-refractivity contribution in [1.82, 2.24) is 0 Å². The lowest BCUT2D eigenvalue weighted by Crippen LogP contribution is -2.18. The van der Waals surface area contributed by atoms with Crippen molar-refractivity contribution < 1.29 is 0 Å². The Balaban J connectivity index is 1.50. The lowest BCUT2D eigenvalue weighted by atomic mass is 9.76. The van der Waals surface area contributed by atoms with Gasteiger partial charge in [0.25, 0.3) is 0 Å². The predicted octanol–water partition coefficient (Wildman–Crippen LogP) is 10.1. The van der Waals surface area contributed by atoms with Gasteiger partial charge in [-0.2, -0.15) is 0 Å². The molecule has 2 aliphatic rings. The Morgan fingerprint density at radius 1 is 0.838 bits per heavy atom. The SMILES string of the molecule is C=Cc1ccc(C2=CC(C)=C(C3=C(CCCCc4ccccc4)c4ccccc4C3(C)C)C=CC2)cc1. The van der Waals surface area contributed by atoms with Crippen molar-refractivity contribution in [2.45, 2.75) is 58.3 Å². The maximum atomic E-state index is 3.90. The van der Waals surface area contributed by atoms with Gasteiger partial charge in [-0.25, -0.2) is 0 Å². The van der Waals surface area contributed by atoms with Gasteiger partial charge in [-0.05, 0) is 94.7 Å². The Bertz CT molecular complexity index is 1400. The van der Waals surface area contributed by atoms with E-state index in [9.17, 15) is 0 Å². The van der Waals surface area contributed by atoms with Crippen LogP contribution >= 0.6 is 0 Å². The Labute approximate surface area is 223 Å². The minimum absolute atomic E-state index is 0.0176. The third-order valence-corrected chi connectivity index (χ3v) is 8.06. The fourth-order valence-electron chi connectivity index (χ4n) is 6.12. The molecule has 0 heterocycles. The molecule has 0 aliphatic heterocycles. The summed E-state index contributed by atoms with van der Waals surface area (Å²) in [6.45, 7) is 11.0. The third kappa shape index (κ3) is 5.12. The smallest absolute Gasteiger partial charge is 0.0161 e. The molecule has 0 bridgehead atoms. The number of hydrogen-bond acceptors (Lipinski definition) is 0. The summed E-state index contributed by atoms with van der Waals surface area (Å²) in [5.74, 6) is 0. The molecule has 0 spiro atoms. The molecule has 0 radical (unpaired) electrons. The van der Waals surface area contributed by atoms with Gasteiger partial charge in [-0.15, -0.1) is 0 Å². The molecule has 5 rings (SSSR count). The summed E-state index contributed by atoms with van der Waals surface area (Å²) in [4.78, 5) is 0. The maximum Gasteiger partial charge on any atom is 0.0161 e. The van der Waals surface area contributed by atoms with Gasteiger partial charge in [0.1, 0.15) is 0 Å². The molecule has 0 saturated carbocycles. The normalized spacial score (nSPS) is 16.5. The average molecular weight is 483 g/mol. The van der Waals surface area contributed by atoms with Gasteiger partial charge in [0.2, 0.25) is 0 Å². The molecule has 2 aliphatic carbocycles. The van der Waals surface area contributed by atoms with E-state index in [4.69, 9.17) is 0 Å². The molecular formula is C37H38. The summed E-state index contributed by atoms with van der Waals surface area (Å²) in [6, 6.07) is 28.7. The molecule has 0 aromatic heterocycles. The largest absolute Gasteiger partial charge is 0.0985 e. The van der Waals surface area contributed by atoms with Crippen LogP contribution in [0.15, 0.2) is 120 Å². The van der Waals surface area contributed by atoms with E-state index < -0.39 is 0 Å². The molecule has 0 nitrogen and oxygen atoms in total. The Morgan fingerprint density at radius 3 is 2.30 bits per heavy atom. The van der Waals surface area contributed by atoms with E-state index in [1.165, 1.54) is 57.4 Å². The fraction of sp³-hybridized carbons (Fsp3) is 0.243. The number of rotatable bonds is 8. The molecule has 0 unspecified atom stereocenters. The summed E-state index contributed by atoms with van der Waals surface area (Å²) in [6.07, 6.45) is 14.7. The first-order valence-corrected chi connectivity index (χ1v) is 13.7. The van der Waals surface area contributed by atoms with Crippen molar-refractivity contribution >= 4 is 17.2 Å². The van der Waals surface area contributed by atoms with Crippen molar-refractivity contribution in [3.63, 3.8) is 0 Å². The van der Waals surface area contributed by atoms with Gasteiger partial charge in [-0.1, -0.05) is 124 Å². The molecule has 3 aromatic rings. The maximum absolute atomic E-state index is 3.90. The number of benzene rings is 3. The summed E-state index contributed by atoms with van der Waals surface area (Å²) < 4.78 is 0. The Morgan fingerprint density at radius 2 is 1.54 bits per heavy atom. The van der Waals surface area contributed by atoms with Crippen LogP contribution in [0, 0.1) is 0 Å². The fourth-order valence-corrected chi connectivity index (χ4v) is 6.12. The van der Waals surface area contributed by atoms with Crippen LogP contribution in [0.5, 0.6) is 0 Å². The van der Waals surface area contributed by atoms with Gasteiger partial charge >= 0.3 is 0 Å². The molecule has 0 heteroatoms. The highest BCUT2D eigenvalue weighted by molar-refractivity contribution is 5.86. The molecule has 186 valence electrons. The van der Waals surface area contributed by atoms with Crippen LogP contribution in [-0.2, 0) is 11.8 Å². The zero-order valence-corrected chi connectivity index (χ0v) is 22.6. The van der Waals surface area contributed by atoms with Gasteiger partial charge in [0, 0.05) is 5.41 Å². The van der Waals surface area contributed by atoms with Gasteiger partial charge in [0.05, 0.1) is 0 Å². The Kier molecular flexibility index (Phi) is 7.28. The van der Waals surface area contributed by atoms with Crippen LogP contribution < -0.4 is 0 Å². The van der Waals surface area contributed by atoms with E-state index >= 15 is 0 Å². The van der Waals surface area contributed by atoms with Crippen molar-refractivity contribution in [2.24, 2.45) is 0 Å². The number of allylic oxidation sites excluding steroid dienone is 8. The van der Waals surface area contributed by atoms with Crippen LogP contribution in [0.3, 0.4) is 0 Å². The van der Waals surface area contributed by atoms with Crippen LogP contribution in [-0.4, -0.2) is 0 Å². The molecule has 3 aromatic carbocycles. The van der Waals surface area contributed by atoms with Gasteiger partial charge in [0.15, 0.2) is 0 Å². The molecule has 0 N–H and O–H groups in total. The third-order valence-electron chi connectivity index (χ3n) is 8.06. The summed E-state index contributed by atoms with van der Waals surface area (Å²) >= 11 is 0. The average Bonchev–Trinajstić information content (AvgIpc) is 3.02. The minimum Gasteiger partial charge on any atom is -0.0985 e. The highest BCUT2D eigenvalue weighted by Crippen LogP contribution is 2.52. The second-order valence-electron chi connectivity index (χ2n) is 10.9. The quantitative estimate of drug-likeness (QED) is 0.280. The lowest BCUT2D eigenvalue weighted by molar-refractivity contribution is 0.646. The lowest BCUT2D eigenvalue weighted by Gasteiger charge is -2.27. The van der Waals surface area contributed by atoms with E-state index in [0.717, 1.165) is 24.8 Å². The predicted molar refractivity (Wildman–Crippen MR) is 161 cm³/mol. The van der Waals surface area contributed by atoms with Crippen LogP contribution in [0.2, 0.25) is 0 Å². The van der Waals surface area contributed by atoms with Crippen LogP contribution in [0.1, 0.15) is 74.3 Å². The number of fused-ring (bicyclic) bond motifs is 1. The topological polar surface area (TPSA) is 0 Å². The van der Waals surface area contributed by atoms with E-state index in [-0.39, 0.29) is 5.41 Å². The highest BCUT2D eigenvalue weighted by atomic mass is 14.4. The molecule has 0 amide bonds. The molecule has 0 fully saturated rings. The van der Waals surface area contributed by atoms with E-state index in [2.05, 4.69) is 124 Å². The highest BCUT2D eigenvalue weighted by Gasteiger charge is 2.38. The van der Waals surface area contributed by atoms with Gasteiger partial charge in [-0.3, -0.25) is 0 Å². The molecule has 37 heavy (non-hydrogen) atoms. The second kappa shape index (κ2) is 10.8. The van der Waals surface area contributed by atoms with Crippen molar-refractivity contribution in [3.05, 3.63) is 148 Å². The Hall–Kier alpha value is -3.64. The molecular weight excluding hydrogens is 444 g/mol. The summed E-state index contributed by atoms with van der Waals surface area (Å²) in [7, 11) is 0. The van der Waals surface area contributed by atoms with Crippen LogP contribution in [0.4, 0.5) is 0 Å². The monoisotopic (exact) mass is 482 g/mol. The van der Waals surface area contributed by atoms with Crippen molar-refractivity contribution in [1.29, 1.82) is 0 Å². The molecule has 0 saturated heterocycles. The summed E-state index contributed by atoms with van der Waals surface area (Å²) in [5, 5.41) is 0. The zero-order valence-electron chi connectivity index (χ0n) is 22.6. The summed E-state index contributed by atoms with van der Waals surface area (Å²) in [5.41, 5.74) is 14.0. The van der Waals surface area contributed by atoms with Gasteiger partial charge < -0.3 is 0 Å². The standard InChI is InChI=1S/C37H38/c1-5-28-22-24-30(25-23-28)31-17-13-20-32(27(2)26-31)36-34(19-10-9-16-29-14-7-6-8-15-29)33-18-11-12-21-35(33)37(36,3)4/h5-8,11-15,18,20-26H,1,9-10,16-17,19H2,2-4H3.